The number of nitrogens with zero attached hydrogens (tertiary/aromatic N) is 1. The van der Waals surface area contributed by atoms with Crippen LogP contribution in [0.5, 0.6) is 0 Å². The number of urea groups is 1. The molecule has 0 aliphatic carbocycles. The molecule has 0 aliphatic rings. The fraction of sp³-hybridized carbons (Fsp3) is 0.308. The number of carbonyl (C=O) groups excluding carboxylic acids is 1. The monoisotopic (exact) mass is 327 g/mol. The minimum Gasteiger partial charge on any atom is -0.480 e. The summed E-state index contributed by atoms with van der Waals surface area (Å²) in [6.45, 7) is 0. The van der Waals surface area contributed by atoms with Crippen LogP contribution in [0.4, 0.5) is 10.5 Å². The maximum absolute atomic E-state index is 11.8. The minimum atomic E-state index is -1.09. The summed E-state index contributed by atoms with van der Waals surface area (Å²) in [4.78, 5) is 22.8. The Kier molecular flexibility index (Phi) is 6.85. The quantitative estimate of drug-likeness (QED) is 0.745. The van der Waals surface area contributed by atoms with Gasteiger partial charge in [0.15, 0.2) is 0 Å². The molecule has 1 rings (SSSR count). The molecule has 1 aromatic carbocycles. The van der Waals surface area contributed by atoms with Crippen LogP contribution in [0.2, 0.25) is 5.02 Å². The van der Waals surface area contributed by atoms with Gasteiger partial charge in [-0.25, -0.2) is 9.59 Å². The highest BCUT2D eigenvalue weighted by Crippen LogP contribution is 2.22. The molecule has 3 N–H and O–H groups in total. The van der Waals surface area contributed by atoms with Gasteiger partial charge in [-0.2, -0.15) is 17.0 Å². The van der Waals surface area contributed by atoms with E-state index < -0.39 is 18.0 Å². The number of hydrogen-bond donors (Lipinski definition) is 3. The van der Waals surface area contributed by atoms with Crippen LogP contribution in [0.1, 0.15) is 12.0 Å². The minimum absolute atomic E-state index is 0.209. The van der Waals surface area contributed by atoms with Gasteiger partial charge in [0, 0.05) is 0 Å². The van der Waals surface area contributed by atoms with E-state index in [0.29, 0.717) is 23.4 Å². The number of benzene rings is 1. The van der Waals surface area contributed by atoms with E-state index in [1.165, 1.54) is 30.0 Å². The highest BCUT2D eigenvalue weighted by Gasteiger charge is 2.19. The number of hydrogen-bond acceptors (Lipinski definition) is 4. The van der Waals surface area contributed by atoms with Crippen molar-refractivity contribution < 1.29 is 14.7 Å². The number of nitriles is 1. The Hall–Kier alpha value is -1.91. The molecule has 1 aromatic rings. The van der Waals surface area contributed by atoms with E-state index in [9.17, 15) is 9.59 Å². The molecule has 0 aromatic heterocycles. The van der Waals surface area contributed by atoms with E-state index in [0.717, 1.165) is 0 Å². The smallest absolute Gasteiger partial charge is 0.326 e. The zero-order chi connectivity index (χ0) is 15.8. The molecule has 0 unspecified atom stereocenters. The lowest BCUT2D eigenvalue weighted by molar-refractivity contribution is -0.139. The zero-order valence-electron chi connectivity index (χ0n) is 11.2. The van der Waals surface area contributed by atoms with Gasteiger partial charge >= 0.3 is 12.0 Å². The number of thioether (sulfide) groups is 1. The van der Waals surface area contributed by atoms with Gasteiger partial charge in [-0.05, 0) is 36.6 Å². The first-order valence-electron chi connectivity index (χ1n) is 5.96. The van der Waals surface area contributed by atoms with Crippen molar-refractivity contribution in [3.63, 3.8) is 0 Å². The summed E-state index contributed by atoms with van der Waals surface area (Å²) in [5.41, 5.74) is 0.677. The number of carbonyl (C=O) groups is 2. The van der Waals surface area contributed by atoms with Crippen molar-refractivity contribution in [1.29, 1.82) is 5.26 Å². The predicted molar refractivity (Wildman–Crippen MR) is 82.7 cm³/mol. The third-order valence-corrected chi connectivity index (χ3v) is 3.52. The highest BCUT2D eigenvalue weighted by molar-refractivity contribution is 7.98. The molecule has 0 fully saturated rings. The summed E-state index contributed by atoms with van der Waals surface area (Å²) in [6.07, 6.45) is 2.18. The summed E-state index contributed by atoms with van der Waals surface area (Å²) in [6, 6.07) is 4.71. The van der Waals surface area contributed by atoms with Crippen LogP contribution in [0.25, 0.3) is 0 Å². The lowest BCUT2D eigenvalue weighted by atomic mass is 10.2. The van der Waals surface area contributed by atoms with Crippen molar-refractivity contribution in [3.8, 4) is 6.07 Å². The van der Waals surface area contributed by atoms with Gasteiger partial charge in [0.25, 0.3) is 0 Å². The summed E-state index contributed by atoms with van der Waals surface area (Å²) >= 11 is 7.42. The normalized spacial score (nSPS) is 11.3. The van der Waals surface area contributed by atoms with Gasteiger partial charge in [0.1, 0.15) is 6.04 Å². The maximum Gasteiger partial charge on any atom is 0.326 e. The molecule has 0 aliphatic heterocycles. The van der Waals surface area contributed by atoms with Crippen LogP contribution >= 0.6 is 23.4 Å². The van der Waals surface area contributed by atoms with Gasteiger partial charge in [0.05, 0.1) is 22.3 Å². The number of nitrogens with one attached hydrogen (secondary N) is 2. The summed E-state index contributed by atoms with van der Waals surface area (Å²) < 4.78 is 0. The molecule has 0 saturated carbocycles. The number of carboxylic acids is 1. The average Bonchev–Trinajstić information content (AvgIpc) is 2.45. The number of halogens is 1. The fourth-order valence-corrected chi connectivity index (χ4v) is 2.19. The number of amides is 2. The summed E-state index contributed by atoms with van der Waals surface area (Å²) in [5.74, 6) is -0.473. The Morgan fingerprint density at radius 2 is 2.24 bits per heavy atom. The maximum atomic E-state index is 11.8. The van der Waals surface area contributed by atoms with Crippen LogP contribution in [0.3, 0.4) is 0 Å². The average molecular weight is 328 g/mol. The van der Waals surface area contributed by atoms with Gasteiger partial charge in [-0.1, -0.05) is 11.6 Å². The Morgan fingerprint density at radius 3 is 2.76 bits per heavy atom. The predicted octanol–water partition coefficient (Wildman–Crippen LogP) is 2.54. The number of anilines is 1. The van der Waals surface area contributed by atoms with Crippen LogP contribution in [0.15, 0.2) is 18.2 Å². The van der Waals surface area contributed by atoms with Crippen LogP contribution in [-0.2, 0) is 4.79 Å². The number of rotatable bonds is 6. The molecule has 0 bridgehead atoms. The molecule has 21 heavy (non-hydrogen) atoms. The third kappa shape index (κ3) is 5.53. The molecule has 2 amide bonds. The van der Waals surface area contributed by atoms with Crippen molar-refractivity contribution >= 4 is 41.1 Å². The highest BCUT2D eigenvalue weighted by atomic mass is 35.5. The first-order valence-corrected chi connectivity index (χ1v) is 7.74. The molecule has 0 saturated heterocycles. The van der Waals surface area contributed by atoms with Crippen LogP contribution in [0, 0.1) is 11.3 Å². The summed E-state index contributed by atoms with van der Waals surface area (Å²) in [7, 11) is 0. The second-order valence-electron chi connectivity index (χ2n) is 4.08. The summed E-state index contributed by atoms with van der Waals surface area (Å²) in [5, 5.41) is 22.8. The van der Waals surface area contributed by atoms with Crippen molar-refractivity contribution in [2.75, 3.05) is 17.3 Å². The molecular formula is C13H14ClN3O3S. The topological polar surface area (TPSA) is 102 Å². The fourth-order valence-electron chi connectivity index (χ4n) is 1.50. The first kappa shape index (κ1) is 17.1. The van der Waals surface area contributed by atoms with Gasteiger partial charge < -0.3 is 15.7 Å². The second kappa shape index (κ2) is 8.39. The molecule has 0 radical (unpaired) electrons. The molecule has 0 spiro atoms. The lowest BCUT2D eigenvalue weighted by Crippen LogP contribution is -2.43. The van der Waals surface area contributed by atoms with Gasteiger partial charge in [-0.3, -0.25) is 0 Å². The van der Waals surface area contributed by atoms with Gasteiger partial charge in [-0.15, -0.1) is 0 Å². The Labute approximate surface area is 131 Å². The molecule has 112 valence electrons. The molecular weight excluding hydrogens is 314 g/mol. The van der Waals surface area contributed by atoms with E-state index in [2.05, 4.69) is 10.6 Å². The van der Waals surface area contributed by atoms with Crippen molar-refractivity contribution in [2.24, 2.45) is 0 Å². The standard InChI is InChI=1S/C13H14ClN3O3S/c1-21-5-4-11(12(18)19)17-13(20)16-10-3-2-8(7-15)6-9(10)14/h2-3,6,11H,4-5H2,1H3,(H,18,19)(H2,16,17,20)/t11-/m1/s1. The molecule has 6 nitrogen and oxygen atoms in total. The van der Waals surface area contributed by atoms with Crippen LogP contribution < -0.4 is 10.6 Å². The molecule has 0 heterocycles. The number of aliphatic carboxylic acids is 1. The van der Waals surface area contributed by atoms with Crippen molar-refractivity contribution in [1.82, 2.24) is 5.32 Å². The SMILES string of the molecule is CSCC[C@@H](NC(=O)Nc1ccc(C#N)cc1Cl)C(=O)O. The second-order valence-corrected chi connectivity index (χ2v) is 5.47. The van der Waals surface area contributed by atoms with E-state index in [1.54, 1.807) is 0 Å². The van der Waals surface area contributed by atoms with Gasteiger partial charge in [0.2, 0.25) is 0 Å². The van der Waals surface area contributed by atoms with E-state index >= 15 is 0 Å². The molecule has 1 atom stereocenters. The lowest BCUT2D eigenvalue weighted by Gasteiger charge is -2.15. The van der Waals surface area contributed by atoms with E-state index in [-0.39, 0.29) is 5.02 Å². The number of carboxylic acid groups (broad SMARTS) is 1. The third-order valence-electron chi connectivity index (χ3n) is 2.56. The first-order chi connectivity index (χ1) is 9.97. The van der Waals surface area contributed by atoms with E-state index in [1.807, 2.05) is 12.3 Å². The Balaban J connectivity index is 2.68. The zero-order valence-corrected chi connectivity index (χ0v) is 12.8. The van der Waals surface area contributed by atoms with Crippen molar-refractivity contribution in [2.45, 2.75) is 12.5 Å². The van der Waals surface area contributed by atoms with E-state index in [4.69, 9.17) is 22.0 Å². The largest absolute Gasteiger partial charge is 0.480 e. The Bertz CT molecular complexity index is 574. The van der Waals surface area contributed by atoms with Crippen molar-refractivity contribution in [3.05, 3.63) is 28.8 Å². The van der Waals surface area contributed by atoms with Crippen LogP contribution in [-0.4, -0.2) is 35.2 Å². The molecule has 8 heteroatoms. The Morgan fingerprint density at radius 1 is 1.52 bits per heavy atom.